The molecule has 0 aliphatic rings. The van der Waals surface area contributed by atoms with Crippen LogP contribution in [0, 0.1) is 22.2 Å². The Labute approximate surface area is 171 Å². The van der Waals surface area contributed by atoms with Crippen molar-refractivity contribution >= 4 is 12.1 Å². The highest BCUT2D eigenvalue weighted by Gasteiger charge is 2.34. The zero-order valence-corrected chi connectivity index (χ0v) is 19.6. The SMILES string of the molecule is C/C(=C/CC(C)(C)/C=C\OC(=O)OC(C)OC(=O)C(C)C)C(C)(C)C(C)(C)C. The first kappa shape index (κ1) is 26.2. The van der Waals surface area contributed by atoms with Crippen LogP contribution in [0.25, 0.3) is 0 Å². The van der Waals surface area contributed by atoms with E-state index in [1.807, 2.05) is 6.08 Å². The molecule has 1 unspecified atom stereocenters. The van der Waals surface area contributed by atoms with Gasteiger partial charge in [0.1, 0.15) is 0 Å². The van der Waals surface area contributed by atoms with Gasteiger partial charge < -0.3 is 14.2 Å². The summed E-state index contributed by atoms with van der Waals surface area (Å²) in [6, 6.07) is 0. The Balaban J connectivity index is 4.69. The van der Waals surface area contributed by atoms with Crippen LogP contribution < -0.4 is 0 Å². The Hall–Kier alpha value is -1.78. The summed E-state index contributed by atoms with van der Waals surface area (Å²) < 4.78 is 14.8. The molecular weight excluding hydrogens is 356 g/mol. The van der Waals surface area contributed by atoms with Crippen molar-refractivity contribution in [2.75, 3.05) is 0 Å². The number of hydrogen-bond acceptors (Lipinski definition) is 5. The molecule has 0 aromatic carbocycles. The summed E-state index contributed by atoms with van der Waals surface area (Å²) in [6.07, 6.45) is 4.33. The number of allylic oxidation sites excluding steroid dienone is 3. The summed E-state index contributed by atoms with van der Waals surface area (Å²) in [7, 11) is 0. The van der Waals surface area contributed by atoms with Gasteiger partial charge in [-0.1, -0.05) is 74.0 Å². The van der Waals surface area contributed by atoms with Crippen LogP contribution >= 0.6 is 0 Å². The van der Waals surface area contributed by atoms with E-state index in [9.17, 15) is 9.59 Å². The van der Waals surface area contributed by atoms with Gasteiger partial charge in [-0.3, -0.25) is 4.79 Å². The lowest BCUT2D eigenvalue weighted by Crippen LogP contribution is -2.30. The largest absolute Gasteiger partial charge is 0.516 e. The Bertz CT molecular complexity index is 589. The molecule has 0 aromatic heterocycles. The van der Waals surface area contributed by atoms with E-state index in [4.69, 9.17) is 14.2 Å². The van der Waals surface area contributed by atoms with Crippen LogP contribution in [-0.2, 0) is 19.0 Å². The lowest BCUT2D eigenvalue weighted by Gasteiger charge is -2.40. The van der Waals surface area contributed by atoms with Crippen LogP contribution in [0.1, 0.15) is 82.6 Å². The summed E-state index contributed by atoms with van der Waals surface area (Å²) >= 11 is 0. The average molecular weight is 397 g/mol. The predicted molar refractivity (Wildman–Crippen MR) is 112 cm³/mol. The summed E-state index contributed by atoms with van der Waals surface area (Å²) in [5.41, 5.74) is 1.39. The normalized spacial score (nSPS) is 14.9. The van der Waals surface area contributed by atoms with Crippen molar-refractivity contribution in [3.05, 3.63) is 24.0 Å². The second-order valence-corrected chi connectivity index (χ2v) is 9.90. The molecule has 0 rings (SSSR count). The highest BCUT2D eigenvalue weighted by atomic mass is 16.8. The van der Waals surface area contributed by atoms with Gasteiger partial charge in [0.2, 0.25) is 6.29 Å². The van der Waals surface area contributed by atoms with Gasteiger partial charge in [-0.05, 0) is 35.7 Å². The number of hydrogen-bond donors (Lipinski definition) is 0. The van der Waals surface area contributed by atoms with Crippen molar-refractivity contribution in [1.29, 1.82) is 0 Å². The molecule has 5 heteroatoms. The van der Waals surface area contributed by atoms with E-state index in [1.165, 1.54) is 18.8 Å². The molecular formula is C23H40O5. The third-order valence-corrected chi connectivity index (χ3v) is 5.49. The highest BCUT2D eigenvalue weighted by Crippen LogP contribution is 2.44. The van der Waals surface area contributed by atoms with E-state index >= 15 is 0 Å². The Morgan fingerprint density at radius 3 is 1.93 bits per heavy atom. The minimum Gasteiger partial charge on any atom is -0.425 e. The van der Waals surface area contributed by atoms with Crippen molar-refractivity contribution in [3.63, 3.8) is 0 Å². The molecule has 28 heavy (non-hydrogen) atoms. The van der Waals surface area contributed by atoms with Crippen LogP contribution in [0.3, 0.4) is 0 Å². The first-order valence-corrected chi connectivity index (χ1v) is 9.92. The number of carbonyl (C=O) groups excluding carboxylic acids is 2. The molecule has 0 fully saturated rings. The van der Waals surface area contributed by atoms with E-state index in [-0.39, 0.29) is 22.2 Å². The molecule has 0 aliphatic carbocycles. The first-order valence-electron chi connectivity index (χ1n) is 9.92. The van der Waals surface area contributed by atoms with Crippen molar-refractivity contribution in [3.8, 4) is 0 Å². The molecule has 0 bridgehead atoms. The summed E-state index contributed by atoms with van der Waals surface area (Å²) in [6.45, 7) is 22.4. The number of ether oxygens (including phenoxy) is 3. The Kier molecular flexibility index (Phi) is 9.48. The Morgan fingerprint density at radius 2 is 1.46 bits per heavy atom. The van der Waals surface area contributed by atoms with Gasteiger partial charge in [0.25, 0.3) is 0 Å². The van der Waals surface area contributed by atoms with Gasteiger partial charge in [0.05, 0.1) is 12.2 Å². The average Bonchev–Trinajstić information content (AvgIpc) is 2.50. The molecule has 0 radical (unpaired) electrons. The molecule has 0 N–H and O–H groups in total. The van der Waals surface area contributed by atoms with E-state index in [0.717, 1.165) is 6.42 Å². The monoisotopic (exact) mass is 396 g/mol. The van der Waals surface area contributed by atoms with Gasteiger partial charge >= 0.3 is 12.1 Å². The van der Waals surface area contributed by atoms with Gasteiger partial charge in [0.15, 0.2) is 0 Å². The van der Waals surface area contributed by atoms with Crippen LogP contribution in [0.2, 0.25) is 0 Å². The van der Waals surface area contributed by atoms with E-state index < -0.39 is 18.4 Å². The minimum absolute atomic E-state index is 0.0800. The molecule has 0 heterocycles. The molecule has 0 amide bonds. The van der Waals surface area contributed by atoms with Gasteiger partial charge in [-0.2, -0.15) is 0 Å². The maximum Gasteiger partial charge on any atom is 0.516 e. The molecule has 0 spiro atoms. The minimum atomic E-state index is -0.992. The van der Waals surface area contributed by atoms with Gasteiger partial charge in [-0.15, -0.1) is 0 Å². The van der Waals surface area contributed by atoms with Crippen LogP contribution in [0.5, 0.6) is 0 Å². The fourth-order valence-electron chi connectivity index (χ4n) is 2.09. The molecule has 0 saturated carbocycles. The van der Waals surface area contributed by atoms with E-state index in [2.05, 4.69) is 61.5 Å². The third-order valence-electron chi connectivity index (χ3n) is 5.49. The fraction of sp³-hybridized carbons (Fsp3) is 0.739. The third kappa shape index (κ3) is 8.94. The topological polar surface area (TPSA) is 61.8 Å². The van der Waals surface area contributed by atoms with Crippen molar-refractivity contribution in [1.82, 2.24) is 0 Å². The summed E-state index contributed by atoms with van der Waals surface area (Å²) in [5, 5.41) is 0. The molecule has 1 atom stereocenters. The van der Waals surface area contributed by atoms with Gasteiger partial charge in [0, 0.05) is 6.92 Å². The summed E-state index contributed by atoms with van der Waals surface area (Å²) in [4.78, 5) is 23.2. The van der Waals surface area contributed by atoms with E-state index in [0.29, 0.717) is 0 Å². The number of esters is 1. The first-order chi connectivity index (χ1) is 12.5. The maximum absolute atomic E-state index is 11.7. The smallest absolute Gasteiger partial charge is 0.425 e. The highest BCUT2D eigenvalue weighted by molar-refractivity contribution is 5.71. The fourth-order valence-corrected chi connectivity index (χ4v) is 2.09. The van der Waals surface area contributed by atoms with Gasteiger partial charge in [-0.25, -0.2) is 4.79 Å². The quantitative estimate of drug-likeness (QED) is 0.199. The molecule has 0 aliphatic heterocycles. The van der Waals surface area contributed by atoms with Crippen LogP contribution in [0.4, 0.5) is 4.79 Å². The zero-order chi connectivity index (χ0) is 22.3. The standard InChI is InChI=1S/C23H40O5/c1-16(2)19(24)27-18(4)28-20(25)26-15-14-22(8,9)13-12-17(3)23(10,11)21(5,6)7/h12,14-16,18H,13H2,1-11H3/b15-14-,17-12-. The summed E-state index contributed by atoms with van der Waals surface area (Å²) in [5.74, 6) is -0.722. The van der Waals surface area contributed by atoms with E-state index in [1.54, 1.807) is 13.8 Å². The number of carbonyl (C=O) groups is 2. The van der Waals surface area contributed by atoms with Crippen molar-refractivity contribution in [2.24, 2.45) is 22.2 Å². The van der Waals surface area contributed by atoms with Crippen molar-refractivity contribution < 1.29 is 23.8 Å². The zero-order valence-electron chi connectivity index (χ0n) is 19.6. The lowest BCUT2D eigenvalue weighted by molar-refractivity contribution is -0.170. The van der Waals surface area contributed by atoms with Crippen LogP contribution in [0.15, 0.2) is 24.0 Å². The Morgan fingerprint density at radius 1 is 0.929 bits per heavy atom. The van der Waals surface area contributed by atoms with Crippen molar-refractivity contribution in [2.45, 2.75) is 88.9 Å². The molecule has 5 nitrogen and oxygen atoms in total. The maximum atomic E-state index is 11.7. The number of rotatable bonds is 8. The lowest BCUT2D eigenvalue weighted by atomic mass is 9.65. The predicted octanol–water partition coefficient (Wildman–Crippen LogP) is 6.63. The second-order valence-electron chi connectivity index (χ2n) is 9.90. The molecule has 0 saturated heterocycles. The second kappa shape index (κ2) is 10.1. The molecule has 0 aromatic rings. The molecule has 162 valence electrons. The van der Waals surface area contributed by atoms with Crippen LogP contribution in [-0.4, -0.2) is 18.4 Å².